The molecule has 3 atom stereocenters. The third-order valence-corrected chi connectivity index (χ3v) is 7.27. The first kappa shape index (κ1) is 15.0. The Morgan fingerprint density at radius 1 is 1.27 bits per heavy atom. The molecule has 0 radical (unpaired) electrons. The van der Waals surface area contributed by atoms with Crippen LogP contribution in [0, 0.1) is 0 Å². The number of aromatic nitrogens is 1. The van der Waals surface area contributed by atoms with Gasteiger partial charge in [-0.05, 0) is 25.7 Å². The first-order chi connectivity index (χ1) is 10.8. The van der Waals surface area contributed by atoms with Crippen molar-refractivity contribution in [3.05, 3.63) is 16.1 Å². The van der Waals surface area contributed by atoms with Gasteiger partial charge >= 0.3 is 0 Å². The van der Waals surface area contributed by atoms with Gasteiger partial charge < -0.3 is 9.64 Å². The first-order valence-corrected chi connectivity index (χ1v) is 10.3. The van der Waals surface area contributed by atoms with Gasteiger partial charge in [0.05, 0.1) is 0 Å². The maximum Gasteiger partial charge on any atom is 0.273 e. The lowest BCUT2D eigenvalue weighted by Gasteiger charge is -2.43. The molecule has 2 saturated heterocycles. The number of ether oxygens (including phenoxy) is 1. The summed E-state index contributed by atoms with van der Waals surface area (Å²) in [7, 11) is 0. The fourth-order valence-corrected chi connectivity index (χ4v) is 6.12. The van der Waals surface area contributed by atoms with E-state index in [0.717, 1.165) is 43.2 Å². The van der Waals surface area contributed by atoms with Gasteiger partial charge in [0.25, 0.3) is 5.91 Å². The summed E-state index contributed by atoms with van der Waals surface area (Å²) in [4.78, 5) is 19.6. The van der Waals surface area contributed by atoms with Crippen molar-refractivity contribution in [1.82, 2.24) is 9.88 Å². The summed E-state index contributed by atoms with van der Waals surface area (Å²) >= 11 is 3.64. The van der Waals surface area contributed by atoms with Gasteiger partial charge in [-0.2, -0.15) is 11.8 Å². The number of fused-ring (bicyclic) bond motifs is 1. The highest BCUT2D eigenvalue weighted by molar-refractivity contribution is 8.00. The highest BCUT2D eigenvalue weighted by Gasteiger charge is 2.37. The molecule has 1 saturated carbocycles. The lowest BCUT2D eigenvalue weighted by atomic mass is 9.93. The molecular weight excluding hydrogens is 316 g/mol. The van der Waals surface area contributed by atoms with Crippen molar-refractivity contribution in [2.24, 2.45) is 0 Å². The van der Waals surface area contributed by atoms with E-state index in [0.29, 0.717) is 17.0 Å². The smallest absolute Gasteiger partial charge is 0.273 e. The van der Waals surface area contributed by atoms with Crippen LogP contribution in [0.5, 0.6) is 0 Å². The molecule has 1 aliphatic carbocycles. The number of thioether (sulfide) groups is 1. The molecule has 0 bridgehead atoms. The zero-order valence-electron chi connectivity index (χ0n) is 12.7. The molecule has 4 rings (SSSR count). The Morgan fingerprint density at radius 3 is 3.05 bits per heavy atom. The number of amides is 1. The molecular formula is C16H22N2O2S2. The molecule has 0 spiro atoms. The standard InChI is InChI=1S/C16H22N2O2S2/c19-16(11-10-22-15(17-11)13-5-3-8-20-13)18-7-9-21-14-6-2-1-4-12(14)18/h10,12-14H,1-9H2/t12-,13-,14-/m0/s1. The molecule has 3 fully saturated rings. The van der Waals surface area contributed by atoms with E-state index in [4.69, 9.17) is 4.74 Å². The predicted octanol–water partition coefficient (Wildman–Crippen LogP) is 3.49. The van der Waals surface area contributed by atoms with Gasteiger partial charge in [-0.25, -0.2) is 4.98 Å². The molecule has 2 aliphatic heterocycles. The van der Waals surface area contributed by atoms with Gasteiger partial charge in [0.1, 0.15) is 16.8 Å². The summed E-state index contributed by atoms with van der Waals surface area (Å²) in [6.45, 7) is 1.69. The topological polar surface area (TPSA) is 42.4 Å². The van der Waals surface area contributed by atoms with Crippen LogP contribution < -0.4 is 0 Å². The third-order valence-electron chi connectivity index (χ3n) is 4.94. The number of rotatable bonds is 2. The van der Waals surface area contributed by atoms with Crippen molar-refractivity contribution in [3.63, 3.8) is 0 Å². The number of thiazole rings is 1. The lowest BCUT2D eigenvalue weighted by Crippen LogP contribution is -2.51. The summed E-state index contributed by atoms with van der Waals surface area (Å²) in [6, 6.07) is 0.424. The predicted molar refractivity (Wildman–Crippen MR) is 89.6 cm³/mol. The van der Waals surface area contributed by atoms with E-state index < -0.39 is 0 Å². The highest BCUT2D eigenvalue weighted by atomic mass is 32.2. The molecule has 3 heterocycles. The second kappa shape index (κ2) is 6.49. The van der Waals surface area contributed by atoms with Crippen LogP contribution in [0.2, 0.25) is 0 Å². The van der Waals surface area contributed by atoms with Crippen molar-refractivity contribution < 1.29 is 9.53 Å². The van der Waals surface area contributed by atoms with E-state index in [1.807, 2.05) is 5.38 Å². The minimum atomic E-state index is 0.117. The van der Waals surface area contributed by atoms with Crippen LogP contribution in [0.4, 0.5) is 0 Å². The Morgan fingerprint density at radius 2 is 2.18 bits per heavy atom. The van der Waals surface area contributed by atoms with Crippen LogP contribution in [0.25, 0.3) is 0 Å². The lowest BCUT2D eigenvalue weighted by molar-refractivity contribution is 0.0639. The first-order valence-electron chi connectivity index (χ1n) is 8.32. The summed E-state index contributed by atoms with van der Waals surface area (Å²) in [5.41, 5.74) is 0.631. The zero-order chi connectivity index (χ0) is 14.9. The van der Waals surface area contributed by atoms with Gasteiger partial charge in [-0.15, -0.1) is 11.3 Å². The minimum Gasteiger partial charge on any atom is -0.371 e. The molecule has 0 aromatic carbocycles. The molecule has 1 aromatic heterocycles. The van der Waals surface area contributed by atoms with Gasteiger partial charge in [0.2, 0.25) is 0 Å². The van der Waals surface area contributed by atoms with Gasteiger partial charge in [-0.1, -0.05) is 12.8 Å². The average Bonchev–Trinajstić information content (AvgIpc) is 3.24. The van der Waals surface area contributed by atoms with Crippen molar-refractivity contribution in [2.75, 3.05) is 18.9 Å². The molecule has 1 aromatic rings. The fourth-order valence-electron chi connectivity index (χ4n) is 3.80. The van der Waals surface area contributed by atoms with E-state index in [1.165, 1.54) is 19.3 Å². The number of nitrogens with zero attached hydrogens (tertiary/aromatic N) is 2. The maximum atomic E-state index is 12.9. The Kier molecular flexibility index (Phi) is 4.42. The Balaban J connectivity index is 1.50. The van der Waals surface area contributed by atoms with E-state index in [2.05, 4.69) is 21.6 Å². The van der Waals surface area contributed by atoms with Crippen LogP contribution in [-0.4, -0.2) is 46.0 Å². The van der Waals surface area contributed by atoms with Crippen molar-refractivity contribution in [3.8, 4) is 0 Å². The zero-order valence-corrected chi connectivity index (χ0v) is 14.3. The van der Waals surface area contributed by atoms with Crippen molar-refractivity contribution in [1.29, 1.82) is 0 Å². The normalized spacial score (nSPS) is 32.0. The molecule has 1 amide bonds. The van der Waals surface area contributed by atoms with Gasteiger partial charge in [0, 0.05) is 35.6 Å². The Labute approximate surface area is 139 Å². The van der Waals surface area contributed by atoms with Crippen LogP contribution in [0.1, 0.15) is 60.1 Å². The minimum absolute atomic E-state index is 0.117. The summed E-state index contributed by atoms with van der Waals surface area (Å²) in [5, 5.41) is 3.55. The third kappa shape index (κ3) is 2.81. The molecule has 6 heteroatoms. The molecule has 3 aliphatic rings. The SMILES string of the molecule is O=C(c1csc([C@@H]2CCCO2)n1)N1CCS[C@H]2CCCC[C@@H]21. The van der Waals surface area contributed by atoms with Crippen LogP contribution in [0.15, 0.2) is 5.38 Å². The monoisotopic (exact) mass is 338 g/mol. The molecule has 0 unspecified atom stereocenters. The summed E-state index contributed by atoms with van der Waals surface area (Å²) in [5.74, 6) is 1.20. The Bertz CT molecular complexity index is 540. The van der Waals surface area contributed by atoms with Gasteiger partial charge in [-0.3, -0.25) is 4.79 Å². The number of hydrogen-bond acceptors (Lipinski definition) is 5. The van der Waals surface area contributed by atoms with E-state index >= 15 is 0 Å². The maximum absolute atomic E-state index is 12.9. The van der Waals surface area contributed by atoms with Crippen molar-refractivity contribution in [2.45, 2.75) is 55.9 Å². The second-order valence-electron chi connectivity index (χ2n) is 6.33. The second-order valence-corrected chi connectivity index (χ2v) is 8.57. The van der Waals surface area contributed by atoms with E-state index in [9.17, 15) is 4.79 Å². The summed E-state index contributed by atoms with van der Waals surface area (Å²) < 4.78 is 5.68. The van der Waals surface area contributed by atoms with Gasteiger partial charge in [0.15, 0.2) is 0 Å². The fraction of sp³-hybridized carbons (Fsp3) is 0.750. The summed E-state index contributed by atoms with van der Waals surface area (Å²) in [6.07, 6.45) is 7.24. The van der Waals surface area contributed by atoms with Crippen LogP contribution in [-0.2, 0) is 4.74 Å². The number of carbonyl (C=O) groups is 1. The largest absolute Gasteiger partial charge is 0.371 e. The van der Waals surface area contributed by atoms with Crippen LogP contribution >= 0.6 is 23.1 Å². The van der Waals surface area contributed by atoms with Crippen LogP contribution in [0.3, 0.4) is 0 Å². The van der Waals surface area contributed by atoms with Crippen molar-refractivity contribution >= 4 is 29.0 Å². The Hall–Kier alpha value is -0.590. The molecule has 4 nitrogen and oxygen atoms in total. The quantitative estimate of drug-likeness (QED) is 0.828. The van der Waals surface area contributed by atoms with E-state index in [1.54, 1.807) is 11.3 Å². The average molecular weight is 338 g/mol. The number of hydrogen-bond donors (Lipinski definition) is 0. The molecule has 22 heavy (non-hydrogen) atoms. The molecule has 0 N–H and O–H groups in total. The number of carbonyl (C=O) groups excluding carboxylic acids is 1. The molecule has 120 valence electrons. The van der Waals surface area contributed by atoms with E-state index in [-0.39, 0.29) is 12.0 Å². The highest BCUT2D eigenvalue weighted by Crippen LogP contribution is 2.37.